The number of nitrogens with zero attached hydrogens (tertiary/aromatic N) is 2. The summed E-state index contributed by atoms with van der Waals surface area (Å²) < 4.78 is 27.0. The van der Waals surface area contributed by atoms with Crippen molar-refractivity contribution in [2.45, 2.75) is 0 Å². The van der Waals surface area contributed by atoms with E-state index in [1.807, 2.05) is 0 Å². The van der Waals surface area contributed by atoms with Crippen LogP contribution in [0.3, 0.4) is 0 Å². The molecule has 0 fully saturated rings. The molecule has 0 N–H and O–H groups in total. The maximum atomic E-state index is 13.7. The van der Waals surface area contributed by atoms with Crippen LogP contribution in [-0.4, -0.2) is 16.3 Å². The summed E-state index contributed by atoms with van der Waals surface area (Å²) in [6, 6.07) is 2.53. The largest absolute Gasteiger partial charge is 0.298 e. The van der Waals surface area contributed by atoms with Crippen LogP contribution in [-0.2, 0) is 0 Å². The predicted octanol–water partition coefficient (Wildman–Crippen LogP) is 2.23. The Morgan fingerprint density at radius 2 is 2.00 bits per heavy atom. The predicted molar refractivity (Wildman–Crippen MR) is 52.8 cm³/mol. The molecule has 0 aromatic carbocycles. The van der Waals surface area contributed by atoms with Crippen LogP contribution in [0.1, 0.15) is 10.4 Å². The first kappa shape index (κ1) is 10.4. The lowest BCUT2D eigenvalue weighted by Crippen LogP contribution is -1.97. The Hall–Kier alpha value is -2.17. The second-order valence-corrected chi connectivity index (χ2v) is 3.04. The van der Waals surface area contributed by atoms with Gasteiger partial charge in [-0.05, 0) is 12.1 Å². The molecule has 2 rings (SSSR count). The number of aldehydes is 1. The van der Waals surface area contributed by atoms with Crippen LogP contribution in [0.4, 0.5) is 8.78 Å². The van der Waals surface area contributed by atoms with Gasteiger partial charge in [-0.1, -0.05) is 0 Å². The molecule has 0 radical (unpaired) electrons. The lowest BCUT2D eigenvalue weighted by Gasteiger charge is -2.04. The molecule has 0 unspecified atom stereocenters. The lowest BCUT2D eigenvalue weighted by molar-refractivity contribution is 0.111. The summed E-state index contributed by atoms with van der Waals surface area (Å²) in [7, 11) is 0. The monoisotopic (exact) mass is 220 g/mol. The van der Waals surface area contributed by atoms with E-state index in [2.05, 4.69) is 9.97 Å². The molecule has 0 bridgehead atoms. The summed E-state index contributed by atoms with van der Waals surface area (Å²) in [6.45, 7) is 0. The summed E-state index contributed by atoms with van der Waals surface area (Å²) in [5, 5.41) is 0. The Morgan fingerprint density at radius 3 is 2.69 bits per heavy atom. The quantitative estimate of drug-likeness (QED) is 0.729. The highest BCUT2D eigenvalue weighted by molar-refractivity contribution is 5.78. The van der Waals surface area contributed by atoms with Gasteiger partial charge in [-0.2, -0.15) is 0 Å². The fraction of sp³-hybridized carbons (Fsp3) is 0. The van der Waals surface area contributed by atoms with E-state index in [1.54, 1.807) is 0 Å². The van der Waals surface area contributed by atoms with Crippen LogP contribution in [0.25, 0.3) is 11.3 Å². The highest BCUT2D eigenvalue weighted by Crippen LogP contribution is 2.23. The highest BCUT2D eigenvalue weighted by Gasteiger charge is 2.14. The Labute approximate surface area is 89.8 Å². The standard InChI is InChI=1S/C11H6F2N2O/c12-9-5-14-3-2-8(9)11-10(13)7(6-16)1-4-15-11/h1-6H. The minimum atomic E-state index is -0.831. The SMILES string of the molecule is O=Cc1ccnc(-c2ccncc2F)c1F. The molecule has 0 aliphatic carbocycles. The number of halogens is 2. The molecule has 80 valence electrons. The van der Waals surface area contributed by atoms with Gasteiger partial charge < -0.3 is 0 Å². The van der Waals surface area contributed by atoms with Crippen LogP contribution in [0, 0.1) is 11.6 Å². The van der Waals surface area contributed by atoms with Crippen molar-refractivity contribution in [1.82, 2.24) is 9.97 Å². The van der Waals surface area contributed by atoms with E-state index in [1.165, 1.54) is 24.5 Å². The molecule has 16 heavy (non-hydrogen) atoms. The van der Waals surface area contributed by atoms with Gasteiger partial charge in [0.2, 0.25) is 0 Å². The molecule has 0 aliphatic rings. The van der Waals surface area contributed by atoms with Crippen LogP contribution in [0.15, 0.2) is 30.7 Å². The van der Waals surface area contributed by atoms with Gasteiger partial charge in [-0.3, -0.25) is 14.8 Å². The van der Waals surface area contributed by atoms with Crippen molar-refractivity contribution in [2.24, 2.45) is 0 Å². The first-order chi connectivity index (χ1) is 7.74. The fourth-order valence-corrected chi connectivity index (χ4v) is 1.30. The number of rotatable bonds is 2. The van der Waals surface area contributed by atoms with E-state index < -0.39 is 11.6 Å². The number of hydrogen-bond donors (Lipinski definition) is 0. The summed E-state index contributed by atoms with van der Waals surface area (Å²) in [5.41, 5.74) is -0.359. The summed E-state index contributed by atoms with van der Waals surface area (Å²) in [5.74, 6) is -1.51. The molecule has 3 nitrogen and oxygen atoms in total. The van der Waals surface area contributed by atoms with E-state index in [4.69, 9.17) is 0 Å². The molecule has 0 aliphatic heterocycles. The van der Waals surface area contributed by atoms with E-state index in [0.717, 1.165) is 6.20 Å². The first-order valence-corrected chi connectivity index (χ1v) is 4.43. The molecule has 2 heterocycles. The Kier molecular flexibility index (Phi) is 2.68. The summed E-state index contributed by atoms with van der Waals surface area (Å²) >= 11 is 0. The number of hydrogen-bond acceptors (Lipinski definition) is 3. The van der Waals surface area contributed by atoms with Crippen LogP contribution in [0.2, 0.25) is 0 Å². The molecule has 0 spiro atoms. The van der Waals surface area contributed by atoms with Gasteiger partial charge in [0.1, 0.15) is 5.69 Å². The Bertz CT molecular complexity index is 543. The average Bonchev–Trinajstić information content (AvgIpc) is 2.31. The van der Waals surface area contributed by atoms with Gasteiger partial charge in [-0.25, -0.2) is 8.78 Å². The van der Waals surface area contributed by atoms with E-state index in [9.17, 15) is 13.6 Å². The molecule has 2 aromatic rings. The van der Waals surface area contributed by atoms with E-state index in [-0.39, 0.29) is 16.8 Å². The zero-order valence-corrected chi connectivity index (χ0v) is 8.02. The number of pyridine rings is 2. The zero-order chi connectivity index (χ0) is 11.5. The normalized spacial score (nSPS) is 10.1. The molecular weight excluding hydrogens is 214 g/mol. The van der Waals surface area contributed by atoms with Gasteiger partial charge in [0.25, 0.3) is 0 Å². The Morgan fingerprint density at radius 1 is 1.19 bits per heavy atom. The minimum Gasteiger partial charge on any atom is -0.298 e. The van der Waals surface area contributed by atoms with Gasteiger partial charge in [0, 0.05) is 18.0 Å². The molecule has 5 heteroatoms. The number of carbonyl (C=O) groups is 1. The zero-order valence-electron chi connectivity index (χ0n) is 8.02. The summed E-state index contributed by atoms with van der Waals surface area (Å²) in [4.78, 5) is 17.8. The van der Waals surface area contributed by atoms with Crippen LogP contribution in [0.5, 0.6) is 0 Å². The third-order valence-electron chi connectivity index (χ3n) is 2.07. The molecule has 0 saturated heterocycles. The second-order valence-electron chi connectivity index (χ2n) is 3.04. The number of aromatic nitrogens is 2. The van der Waals surface area contributed by atoms with Crippen molar-refractivity contribution in [3.63, 3.8) is 0 Å². The smallest absolute Gasteiger partial charge is 0.160 e. The second kappa shape index (κ2) is 4.14. The van der Waals surface area contributed by atoms with Crippen molar-refractivity contribution >= 4 is 6.29 Å². The van der Waals surface area contributed by atoms with Crippen molar-refractivity contribution in [1.29, 1.82) is 0 Å². The van der Waals surface area contributed by atoms with E-state index >= 15 is 0 Å². The third kappa shape index (κ3) is 1.67. The maximum Gasteiger partial charge on any atom is 0.160 e. The van der Waals surface area contributed by atoms with Crippen LogP contribution < -0.4 is 0 Å². The van der Waals surface area contributed by atoms with Gasteiger partial charge in [0.15, 0.2) is 17.9 Å². The van der Waals surface area contributed by atoms with E-state index in [0.29, 0.717) is 6.29 Å². The molecular formula is C11H6F2N2O. The van der Waals surface area contributed by atoms with Crippen molar-refractivity contribution in [3.05, 3.63) is 47.9 Å². The third-order valence-corrected chi connectivity index (χ3v) is 2.07. The van der Waals surface area contributed by atoms with Crippen molar-refractivity contribution in [3.8, 4) is 11.3 Å². The molecule has 0 atom stereocenters. The van der Waals surface area contributed by atoms with Gasteiger partial charge >= 0.3 is 0 Å². The first-order valence-electron chi connectivity index (χ1n) is 4.43. The van der Waals surface area contributed by atoms with Crippen molar-refractivity contribution in [2.75, 3.05) is 0 Å². The van der Waals surface area contributed by atoms with Crippen molar-refractivity contribution < 1.29 is 13.6 Å². The Balaban J connectivity index is 2.65. The van der Waals surface area contributed by atoms with Crippen LogP contribution >= 0.6 is 0 Å². The number of carbonyl (C=O) groups excluding carboxylic acids is 1. The van der Waals surface area contributed by atoms with Gasteiger partial charge in [-0.15, -0.1) is 0 Å². The van der Waals surface area contributed by atoms with Gasteiger partial charge in [0.05, 0.1) is 11.8 Å². The molecule has 0 saturated carbocycles. The minimum absolute atomic E-state index is 0.0174. The summed E-state index contributed by atoms with van der Waals surface area (Å²) in [6.07, 6.45) is 3.90. The molecule has 2 aromatic heterocycles. The average molecular weight is 220 g/mol. The topological polar surface area (TPSA) is 42.9 Å². The lowest BCUT2D eigenvalue weighted by atomic mass is 10.1. The maximum absolute atomic E-state index is 13.7. The highest BCUT2D eigenvalue weighted by atomic mass is 19.1. The molecule has 0 amide bonds. The fourth-order valence-electron chi connectivity index (χ4n) is 1.30.